The van der Waals surface area contributed by atoms with Gasteiger partial charge in [0.05, 0.1) is 22.3 Å². The first-order chi connectivity index (χ1) is 14.7. The number of fused-ring (bicyclic) bond motifs is 1. The van der Waals surface area contributed by atoms with Crippen LogP contribution in [-0.2, 0) is 29.4 Å². The van der Waals surface area contributed by atoms with Crippen LogP contribution < -0.4 is 10.3 Å². The van der Waals surface area contributed by atoms with Crippen molar-refractivity contribution in [2.45, 2.75) is 31.5 Å². The minimum Gasteiger partial charge on any atom is -0.292 e. The fraction of sp³-hybridized carbons (Fsp3) is 0.350. The van der Waals surface area contributed by atoms with Gasteiger partial charge in [0.15, 0.2) is 10.9 Å². The highest BCUT2D eigenvalue weighted by Gasteiger charge is 2.16. The molecule has 0 spiro atoms. The van der Waals surface area contributed by atoms with E-state index in [1.54, 1.807) is 16.7 Å². The lowest BCUT2D eigenvalue weighted by Gasteiger charge is -2.09. The quantitative estimate of drug-likeness (QED) is 0.189. The Labute approximate surface area is 193 Å². The Hall–Kier alpha value is -1.79. The van der Waals surface area contributed by atoms with E-state index in [0.717, 1.165) is 22.4 Å². The second kappa shape index (κ2) is 10.2. The Morgan fingerprint density at radius 1 is 1.32 bits per heavy atom. The zero-order valence-corrected chi connectivity index (χ0v) is 20.5. The molecule has 11 heteroatoms. The maximum absolute atomic E-state index is 12.9. The van der Waals surface area contributed by atoms with Crippen LogP contribution in [0.25, 0.3) is 10.2 Å². The highest BCUT2D eigenvalue weighted by Crippen LogP contribution is 2.26. The smallest absolute Gasteiger partial charge is 0.263 e. The standard InChI is InChI=1S/C20H23N3O4S4/c1-4-10-23-19(25)15-11-13(5-2)30-18(15)22-20(23)28-12-16(24)17-7-6-14(29-17)8-9-21-31(3,26)27/h4,6-7,11,21H,1,5,8-10,12H2,2-3H3. The topological polar surface area (TPSA) is 98.1 Å². The van der Waals surface area contributed by atoms with Gasteiger partial charge < -0.3 is 0 Å². The van der Waals surface area contributed by atoms with Gasteiger partial charge in [-0.05, 0) is 31.0 Å². The Morgan fingerprint density at radius 3 is 2.77 bits per heavy atom. The maximum Gasteiger partial charge on any atom is 0.263 e. The summed E-state index contributed by atoms with van der Waals surface area (Å²) >= 11 is 4.10. The summed E-state index contributed by atoms with van der Waals surface area (Å²) in [7, 11) is -3.23. The minimum atomic E-state index is -3.23. The van der Waals surface area contributed by atoms with E-state index in [0.29, 0.717) is 39.8 Å². The first-order valence-electron chi connectivity index (χ1n) is 9.55. The predicted molar refractivity (Wildman–Crippen MR) is 129 cm³/mol. The van der Waals surface area contributed by atoms with Crippen LogP contribution in [0.4, 0.5) is 0 Å². The van der Waals surface area contributed by atoms with Gasteiger partial charge in [-0.1, -0.05) is 24.8 Å². The van der Waals surface area contributed by atoms with E-state index in [1.165, 1.54) is 34.4 Å². The van der Waals surface area contributed by atoms with Gasteiger partial charge in [-0.3, -0.25) is 14.2 Å². The summed E-state index contributed by atoms with van der Waals surface area (Å²) in [4.78, 5) is 33.5. The molecule has 0 aliphatic carbocycles. The number of hydrogen-bond donors (Lipinski definition) is 1. The number of ketones is 1. The Morgan fingerprint density at radius 2 is 2.10 bits per heavy atom. The molecule has 0 radical (unpaired) electrons. The van der Waals surface area contributed by atoms with Crippen LogP contribution >= 0.6 is 34.4 Å². The number of aromatic nitrogens is 2. The van der Waals surface area contributed by atoms with Gasteiger partial charge in [0.25, 0.3) is 5.56 Å². The molecule has 0 aromatic carbocycles. The summed E-state index contributed by atoms with van der Waals surface area (Å²) in [6, 6.07) is 5.48. The van der Waals surface area contributed by atoms with Crippen LogP contribution in [0.15, 0.2) is 40.8 Å². The van der Waals surface area contributed by atoms with Gasteiger partial charge in [0.1, 0.15) is 4.83 Å². The molecule has 3 aromatic rings. The number of thioether (sulfide) groups is 1. The van der Waals surface area contributed by atoms with Crippen LogP contribution in [0.5, 0.6) is 0 Å². The summed E-state index contributed by atoms with van der Waals surface area (Å²) < 4.78 is 26.3. The van der Waals surface area contributed by atoms with Crippen molar-refractivity contribution in [3.05, 3.63) is 55.8 Å². The van der Waals surface area contributed by atoms with E-state index in [2.05, 4.69) is 16.3 Å². The third-order valence-electron chi connectivity index (χ3n) is 4.33. The van der Waals surface area contributed by atoms with Crippen molar-refractivity contribution >= 4 is 60.5 Å². The SMILES string of the molecule is C=CCn1c(SCC(=O)c2ccc(CCNS(C)(=O)=O)s2)nc2sc(CC)cc2c1=O. The molecule has 1 N–H and O–H groups in total. The predicted octanol–water partition coefficient (Wildman–Crippen LogP) is 3.33. The van der Waals surface area contributed by atoms with Gasteiger partial charge in [-0.2, -0.15) is 0 Å². The molecule has 0 atom stereocenters. The van der Waals surface area contributed by atoms with E-state index in [1.807, 2.05) is 19.1 Å². The number of carbonyl (C=O) groups excluding carboxylic acids is 1. The van der Waals surface area contributed by atoms with E-state index in [-0.39, 0.29) is 17.1 Å². The van der Waals surface area contributed by atoms with Crippen molar-refractivity contribution in [1.29, 1.82) is 0 Å². The summed E-state index contributed by atoms with van der Waals surface area (Å²) in [5, 5.41) is 1.11. The number of hydrogen-bond acceptors (Lipinski definition) is 8. The Kier molecular flexibility index (Phi) is 7.87. The lowest BCUT2D eigenvalue weighted by atomic mass is 10.3. The zero-order valence-electron chi connectivity index (χ0n) is 17.2. The Bertz CT molecular complexity index is 1270. The van der Waals surface area contributed by atoms with Gasteiger partial charge in [0, 0.05) is 22.8 Å². The number of Topliss-reactive ketones (excluding diaryl/α,β-unsaturated/α-hetero) is 1. The number of nitrogens with one attached hydrogen (secondary N) is 1. The molecule has 0 saturated carbocycles. The molecule has 3 aromatic heterocycles. The molecule has 0 saturated heterocycles. The molecule has 3 rings (SSSR count). The fourth-order valence-electron chi connectivity index (χ4n) is 2.84. The molecule has 0 unspecified atom stereocenters. The molecule has 0 aliphatic rings. The van der Waals surface area contributed by atoms with Crippen molar-refractivity contribution in [2.24, 2.45) is 0 Å². The highest BCUT2D eigenvalue weighted by molar-refractivity contribution is 7.99. The normalized spacial score (nSPS) is 11.8. The van der Waals surface area contributed by atoms with Crippen LogP contribution in [0, 0.1) is 0 Å². The van der Waals surface area contributed by atoms with Gasteiger partial charge >= 0.3 is 0 Å². The monoisotopic (exact) mass is 497 g/mol. The van der Waals surface area contributed by atoms with Crippen molar-refractivity contribution in [2.75, 3.05) is 18.6 Å². The number of aryl methyl sites for hydroxylation is 1. The molecule has 0 aliphatic heterocycles. The van der Waals surface area contributed by atoms with Gasteiger partial charge in [0.2, 0.25) is 10.0 Å². The number of carbonyl (C=O) groups is 1. The van der Waals surface area contributed by atoms with Crippen LogP contribution in [0.1, 0.15) is 26.3 Å². The van der Waals surface area contributed by atoms with E-state index in [4.69, 9.17) is 0 Å². The highest BCUT2D eigenvalue weighted by atomic mass is 32.2. The number of thiophene rings is 2. The molecule has 166 valence electrons. The summed E-state index contributed by atoms with van der Waals surface area (Å²) in [6.07, 6.45) is 4.12. The second-order valence-electron chi connectivity index (χ2n) is 6.78. The lowest BCUT2D eigenvalue weighted by molar-refractivity contribution is 0.102. The summed E-state index contributed by atoms with van der Waals surface area (Å²) in [6.45, 7) is 6.38. The zero-order chi connectivity index (χ0) is 22.6. The Balaban J connectivity index is 1.73. The average molecular weight is 498 g/mol. The molecular weight excluding hydrogens is 475 g/mol. The van der Waals surface area contributed by atoms with Crippen molar-refractivity contribution in [1.82, 2.24) is 14.3 Å². The van der Waals surface area contributed by atoms with Gasteiger partial charge in [-0.25, -0.2) is 18.1 Å². The first-order valence-corrected chi connectivity index (χ1v) is 14.1. The molecule has 0 fully saturated rings. The van der Waals surface area contributed by atoms with E-state index < -0.39 is 10.0 Å². The lowest BCUT2D eigenvalue weighted by Crippen LogP contribution is -2.24. The van der Waals surface area contributed by atoms with E-state index in [9.17, 15) is 18.0 Å². The summed E-state index contributed by atoms with van der Waals surface area (Å²) in [5.74, 6) is 0.0973. The second-order valence-corrected chi connectivity index (χ2v) is 11.8. The number of rotatable bonds is 11. The minimum absolute atomic E-state index is 0.0581. The molecule has 31 heavy (non-hydrogen) atoms. The van der Waals surface area contributed by atoms with Crippen molar-refractivity contribution in [3.63, 3.8) is 0 Å². The maximum atomic E-state index is 12.9. The fourth-order valence-corrected chi connectivity index (χ4v) is 6.25. The number of nitrogens with zero attached hydrogens (tertiary/aromatic N) is 2. The largest absolute Gasteiger partial charge is 0.292 e. The van der Waals surface area contributed by atoms with E-state index >= 15 is 0 Å². The van der Waals surface area contributed by atoms with Crippen molar-refractivity contribution in [3.8, 4) is 0 Å². The molecular formula is C20H23N3O4S4. The first kappa shape index (κ1) is 23.9. The van der Waals surface area contributed by atoms with Crippen molar-refractivity contribution < 1.29 is 13.2 Å². The third-order valence-corrected chi connectivity index (χ3v) is 8.40. The van der Waals surface area contributed by atoms with Crippen LogP contribution in [-0.4, -0.2) is 42.3 Å². The van der Waals surface area contributed by atoms with Crippen LogP contribution in [0.3, 0.4) is 0 Å². The number of sulfonamides is 1. The average Bonchev–Trinajstić information content (AvgIpc) is 3.34. The molecule has 3 heterocycles. The van der Waals surface area contributed by atoms with Gasteiger partial charge in [-0.15, -0.1) is 29.3 Å². The third kappa shape index (κ3) is 6.13. The molecule has 0 bridgehead atoms. The summed E-state index contributed by atoms with van der Waals surface area (Å²) in [5.41, 5.74) is -0.118. The van der Waals surface area contributed by atoms with Crippen LogP contribution in [0.2, 0.25) is 0 Å². The molecule has 0 amide bonds. The molecule has 7 nitrogen and oxygen atoms in total. The number of allylic oxidation sites excluding steroid dienone is 1.